The van der Waals surface area contributed by atoms with Gasteiger partial charge in [-0.15, -0.1) is 0 Å². The number of rotatable bonds is 1. The second-order valence-corrected chi connectivity index (χ2v) is 5.36. The SMILES string of the molecule is O=C(c1cnc2ccc(F)cc2c1)N1CCCc2[nH]ncc21. The molecule has 6 heteroatoms. The third-order valence-corrected chi connectivity index (χ3v) is 3.93. The molecule has 0 unspecified atom stereocenters. The summed E-state index contributed by atoms with van der Waals surface area (Å²) in [5.41, 5.74) is 2.91. The third-order valence-electron chi connectivity index (χ3n) is 3.93. The minimum absolute atomic E-state index is 0.138. The van der Waals surface area contributed by atoms with Crippen LogP contribution in [0.25, 0.3) is 10.9 Å². The lowest BCUT2D eigenvalue weighted by Gasteiger charge is -2.26. The second-order valence-electron chi connectivity index (χ2n) is 5.36. The van der Waals surface area contributed by atoms with Gasteiger partial charge in [0.25, 0.3) is 5.91 Å². The van der Waals surface area contributed by atoms with Crippen LogP contribution in [-0.2, 0) is 6.42 Å². The van der Waals surface area contributed by atoms with Gasteiger partial charge in [-0.2, -0.15) is 5.10 Å². The zero-order valence-corrected chi connectivity index (χ0v) is 11.7. The molecule has 1 amide bonds. The first-order valence-corrected chi connectivity index (χ1v) is 7.12. The van der Waals surface area contributed by atoms with E-state index in [0.29, 0.717) is 23.0 Å². The molecule has 0 spiro atoms. The van der Waals surface area contributed by atoms with Crippen LogP contribution in [0.5, 0.6) is 0 Å². The number of pyridine rings is 1. The van der Waals surface area contributed by atoms with Crippen molar-refractivity contribution in [2.75, 3.05) is 11.4 Å². The summed E-state index contributed by atoms with van der Waals surface area (Å²) in [6.45, 7) is 0.645. The number of nitrogens with zero attached hydrogens (tertiary/aromatic N) is 3. The lowest BCUT2D eigenvalue weighted by Crippen LogP contribution is -2.35. The number of benzene rings is 1. The monoisotopic (exact) mass is 296 g/mol. The maximum atomic E-state index is 13.3. The average Bonchev–Trinajstić information content (AvgIpc) is 3.02. The standard InChI is InChI=1S/C16H13FN4O/c17-12-3-4-13-10(7-12)6-11(8-18-13)16(22)21-5-1-2-14-15(21)9-19-20-14/h3-4,6-9H,1-2,5H2,(H,19,20). The highest BCUT2D eigenvalue weighted by atomic mass is 19.1. The van der Waals surface area contributed by atoms with Crippen molar-refractivity contribution in [3.8, 4) is 0 Å². The number of hydrogen-bond donors (Lipinski definition) is 1. The molecule has 0 saturated carbocycles. The van der Waals surface area contributed by atoms with Crippen molar-refractivity contribution in [1.82, 2.24) is 15.2 Å². The lowest BCUT2D eigenvalue weighted by atomic mass is 10.1. The Kier molecular flexibility index (Phi) is 2.89. The fourth-order valence-electron chi connectivity index (χ4n) is 2.84. The number of carbonyl (C=O) groups is 1. The van der Waals surface area contributed by atoms with Crippen LogP contribution in [0, 0.1) is 5.82 Å². The summed E-state index contributed by atoms with van der Waals surface area (Å²) in [4.78, 5) is 18.7. The molecule has 1 aromatic carbocycles. The molecule has 1 aliphatic heterocycles. The fraction of sp³-hybridized carbons (Fsp3) is 0.188. The number of anilines is 1. The van der Waals surface area contributed by atoms with E-state index in [1.165, 1.54) is 18.3 Å². The zero-order valence-electron chi connectivity index (χ0n) is 11.7. The Bertz CT molecular complexity index is 873. The molecule has 0 saturated heterocycles. The molecule has 110 valence electrons. The van der Waals surface area contributed by atoms with Crippen molar-refractivity contribution in [3.63, 3.8) is 0 Å². The van der Waals surface area contributed by atoms with Gasteiger partial charge in [0.1, 0.15) is 5.82 Å². The number of nitrogens with one attached hydrogen (secondary N) is 1. The first kappa shape index (κ1) is 12.9. The van der Waals surface area contributed by atoms with Crippen LogP contribution in [0.3, 0.4) is 0 Å². The van der Waals surface area contributed by atoms with Crippen LogP contribution in [-0.4, -0.2) is 27.6 Å². The number of aromatic nitrogens is 3. The summed E-state index contributed by atoms with van der Waals surface area (Å²) in [7, 11) is 0. The summed E-state index contributed by atoms with van der Waals surface area (Å²) in [5, 5.41) is 7.55. The second kappa shape index (κ2) is 4.91. The van der Waals surface area contributed by atoms with Crippen LogP contribution >= 0.6 is 0 Å². The number of hydrogen-bond acceptors (Lipinski definition) is 3. The summed E-state index contributed by atoms with van der Waals surface area (Å²) >= 11 is 0. The Morgan fingerprint density at radius 2 is 2.18 bits per heavy atom. The van der Waals surface area contributed by atoms with Gasteiger partial charge < -0.3 is 4.90 Å². The summed E-state index contributed by atoms with van der Waals surface area (Å²) < 4.78 is 13.3. The molecular weight excluding hydrogens is 283 g/mol. The van der Waals surface area contributed by atoms with Crippen molar-refractivity contribution in [3.05, 3.63) is 53.7 Å². The van der Waals surface area contributed by atoms with E-state index in [0.717, 1.165) is 24.2 Å². The van der Waals surface area contributed by atoms with Crippen LogP contribution < -0.4 is 4.90 Å². The summed E-state index contributed by atoms with van der Waals surface area (Å²) in [6.07, 6.45) is 4.98. The molecule has 0 fully saturated rings. The van der Waals surface area contributed by atoms with E-state index in [1.54, 1.807) is 23.2 Å². The van der Waals surface area contributed by atoms with Crippen LogP contribution in [0.4, 0.5) is 10.1 Å². The van der Waals surface area contributed by atoms with Crippen molar-refractivity contribution in [2.24, 2.45) is 0 Å². The van der Waals surface area contributed by atoms with E-state index in [1.807, 2.05) is 0 Å². The molecule has 22 heavy (non-hydrogen) atoms. The molecule has 3 heterocycles. The Hall–Kier alpha value is -2.76. The van der Waals surface area contributed by atoms with Gasteiger partial charge >= 0.3 is 0 Å². The van der Waals surface area contributed by atoms with Crippen LogP contribution in [0.1, 0.15) is 22.5 Å². The number of fused-ring (bicyclic) bond motifs is 2. The lowest BCUT2D eigenvalue weighted by molar-refractivity contribution is 0.0985. The van der Waals surface area contributed by atoms with Crippen LogP contribution in [0.15, 0.2) is 36.7 Å². The molecule has 5 nitrogen and oxygen atoms in total. The normalized spacial score (nSPS) is 14.1. The van der Waals surface area contributed by atoms with E-state index >= 15 is 0 Å². The topological polar surface area (TPSA) is 61.9 Å². The van der Waals surface area contributed by atoms with Gasteiger partial charge in [0, 0.05) is 18.1 Å². The molecule has 2 aromatic heterocycles. The van der Waals surface area contributed by atoms with Gasteiger partial charge in [-0.1, -0.05) is 0 Å². The maximum Gasteiger partial charge on any atom is 0.259 e. The molecule has 3 aromatic rings. The maximum absolute atomic E-state index is 13.3. The highest BCUT2D eigenvalue weighted by Gasteiger charge is 2.25. The smallest absolute Gasteiger partial charge is 0.259 e. The van der Waals surface area contributed by atoms with Crippen molar-refractivity contribution >= 4 is 22.5 Å². The zero-order chi connectivity index (χ0) is 15.1. The van der Waals surface area contributed by atoms with E-state index in [9.17, 15) is 9.18 Å². The van der Waals surface area contributed by atoms with Crippen molar-refractivity contribution in [1.29, 1.82) is 0 Å². The molecular formula is C16H13FN4O. The predicted octanol–water partition coefficient (Wildman–Crippen LogP) is 2.69. The number of aromatic amines is 1. The Morgan fingerprint density at radius 1 is 1.27 bits per heavy atom. The number of H-pyrrole nitrogens is 1. The molecule has 0 atom stereocenters. The minimum atomic E-state index is -0.339. The largest absolute Gasteiger partial charge is 0.305 e. The van der Waals surface area contributed by atoms with Gasteiger partial charge in [0.05, 0.1) is 28.7 Å². The number of aryl methyl sites for hydroxylation is 1. The molecule has 0 aliphatic carbocycles. The van der Waals surface area contributed by atoms with Gasteiger partial charge in [-0.25, -0.2) is 4.39 Å². The van der Waals surface area contributed by atoms with Crippen molar-refractivity contribution in [2.45, 2.75) is 12.8 Å². The highest BCUT2D eigenvalue weighted by Crippen LogP contribution is 2.26. The minimum Gasteiger partial charge on any atom is -0.305 e. The molecule has 1 aliphatic rings. The van der Waals surface area contributed by atoms with Crippen molar-refractivity contribution < 1.29 is 9.18 Å². The summed E-state index contributed by atoms with van der Waals surface area (Å²) in [5.74, 6) is -0.477. The van der Waals surface area contributed by atoms with Gasteiger partial charge in [-0.05, 0) is 37.1 Å². The molecule has 0 radical (unpaired) electrons. The number of amides is 1. The molecule has 4 rings (SSSR count). The van der Waals surface area contributed by atoms with Crippen LogP contribution in [0.2, 0.25) is 0 Å². The van der Waals surface area contributed by atoms with E-state index in [4.69, 9.17) is 0 Å². The molecule has 1 N–H and O–H groups in total. The molecule has 0 bridgehead atoms. The quantitative estimate of drug-likeness (QED) is 0.751. The third kappa shape index (κ3) is 2.04. The van der Waals surface area contributed by atoms with Gasteiger partial charge in [-0.3, -0.25) is 14.9 Å². The van der Waals surface area contributed by atoms with E-state index in [2.05, 4.69) is 15.2 Å². The van der Waals surface area contributed by atoms with E-state index in [-0.39, 0.29) is 11.7 Å². The predicted molar refractivity (Wildman–Crippen MR) is 80.3 cm³/mol. The number of halogens is 1. The Morgan fingerprint density at radius 3 is 3.09 bits per heavy atom. The summed E-state index contributed by atoms with van der Waals surface area (Å²) in [6, 6.07) is 6.04. The average molecular weight is 296 g/mol. The number of carbonyl (C=O) groups excluding carboxylic acids is 1. The highest BCUT2D eigenvalue weighted by molar-refractivity contribution is 6.07. The van der Waals surface area contributed by atoms with E-state index < -0.39 is 0 Å². The Balaban J connectivity index is 1.75. The van der Waals surface area contributed by atoms with Gasteiger partial charge in [0.2, 0.25) is 0 Å². The first-order chi connectivity index (χ1) is 10.7. The fourth-order valence-corrected chi connectivity index (χ4v) is 2.84. The van der Waals surface area contributed by atoms with Gasteiger partial charge in [0.15, 0.2) is 0 Å². The Labute approximate surface area is 125 Å². The first-order valence-electron chi connectivity index (χ1n) is 7.12.